The molecule has 0 aliphatic heterocycles. The van der Waals surface area contributed by atoms with Crippen molar-refractivity contribution in [3.8, 4) is 0 Å². The van der Waals surface area contributed by atoms with E-state index in [-0.39, 0.29) is 12.4 Å². The lowest BCUT2D eigenvalue weighted by molar-refractivity contribution is 0.0764. The summed E-state index contributed by atoms with van der Waals surface area (Å²) in [5, 5.41) is 0. The molecule has 19 heavy (non-hydrogen) atoms. The fourth-order valence-corrected chi connectivity index (χ4v) is 2.03. The van der Waals surface area contributed by atoms with Crippen LogP contribution in [0.5, 0.6) is 0 Å². The van der Waals surface area contributed by atoms with Gasteiger partial charge in [-0.05, 0) is 24.3 Å². The highest BCUT2D eigenvalue weighted by molar-refractivity contribution is 9.10. The minimum Gasteiger partial charge on any atom is -0.373 e. The standard InChI is InChI=1S/C15H14BrNO2/c16-13-5-3-4-12(10-13)15(18)11-19-9-7-14-6-1-2-8-17-14/h1-6,8,10H,7,9,11H2. The Kier molecular flexibility index (Phi) is 5.24. The van der Waals surface area contributed by atoms with Crippen molar-refractivity contribution >= 4 is 21.7 Å². The fraction of sp³-hybridized carbons (Fsp3) is 0.200. The second kappa shape index (κ2) is 7.16. The third kappa shape index (κ3) is 4.58. The van der Waals surface area contributed by atoms with Gasteiger partial charge in [0.05, 0.1) is 6.61 Å². The molecule has 0 bridgehead atoms. The molecule has 1 aromatic heterocycles. The molecule has 3 nitrogen and oxygen atoms in total. The second-order valence-corrected chi connectivity index (χ2v) is 4.97. The van der Waals surface area contributed by atoms with E-state index in [4.69, 9.17) is 4.74 Å². The molecule has 98 valence electrons. The third-order valence-corrected chi connectivity index (χ3v) is 3.10. The van der Waals surface area contributed by atoms with E-state index in [0.29, 0.717) is 18.6 Å². The predicted octanol–water partition coefficient (Wildman–Crippen LogP) is 3.29. The summed E-state index contributed by atoms with van der Waals surface area (Å²) in [6, 6.07) is 13.1. The highest BCUT2D eigenvalue weighted by atomic mass is 79.9. The molecule has 2 aromatic rings. The Bertz CT molecular complexity index is 543. The number of ketones is 1. The smallest absolute Gasteiger partial charge is 0.188 e. The van der Waals surface area contributed by atoms with E-state index in [1.807, 2.05) is 30.3 Å². The van der Waals surface area contributed by atoms with Gasteiger partial charge >= 0.3 is 0 Å². The number of benzene rings is 1. The van der Waals surface area contributed by atoms with E-state index >= 15 is 0 Å². The van der Waals surface area contributed by atoms with Crippen molar-refractivity contribution in [2.24, 2.45) is 0 Å². The van der Waals surface area contributed by atoms with Gasteiger partial charge < -0.3 is 4.74 Å². The van der Waals surface area contributed by atoms with Crippen LogP contribution in [-0.2, 0) is 11.2 Å². The van der Waals surface area contributed by atoms with Gasteiger partial charge in [-0.25, -0.2) is 0 Å². The van der Waals surface area contributed by atoms with Crippen molar-refractivity contribution < 1.29 is 9.53 Å². The number of ether oxygens (including phenoxy) is 1. The van der Waals surface area contributed by atoms with Gasteiger partial charge in [0.1, 0.15) is 6.61 Å². The molecular formula is C15H14BrNO2. The Hall–Kier alpha value is -1.52. The largest absolute Gasteiger partial charge is 0.373 e. The third-order valence-electron chi connectivity index (χ3n) is 2.61. The zero-order chi connectivity index (χ0) is 13.5. The van der Waals surface area contributed by atoms with Crippen molar-refractivity contribution in [1.82, 2.24) is 4.98 Å². The van der Waals surface area contributed by atoms with Crippen molar-refractivity contribution in [2.75, 3.05) is 13.2 Å². The fourth-order valence-electron chi connectivity index (χ4n) is 1.63. The number of carbonyl (C=O) groups is 1. The van der Waals surface area contributed by atoms with Gasteiger partial charge in [0.15, 0.2) is 5.78 Å². The van der Waals surface area contributed by atoms with Gasteiger partial charge in [-0.15, -0.1) is 0 Å². The molecule has 0 saturated carbocycles. The van der Waals surface area contributed by atoms with Crippen LogP contribution in [0.2, 0.25) is 0 Å². The van der Waals surface area contributed by atoms with E-state index in [1.165, 1.54) is 0 Å². The summed E-state index contributed by atoms with van der Waals surface area (Å²) >= 11 is 3.34. The molecule has 0 amide bonds. The maximum atomic E-state index is 11.8. The van der Waals surface area contributed by atoms with Crippen LogP contribution in [0.1, 0.15) is 16.1 Å². The average molecular weight is 320 g/mol. The van der Waals surface area contributed by atoms with E-state index in [9.17, 15) is 4.79 Å². The summed E-state index contributed by atoms with van der Waals surface area (Å²) < 4.78 is 6.28. The van der Waals surface area contributed by atoms with Crippen LogP contribution in [0.15, 0.2) is 53.1 Å². The summed E-state index contributed by atoms with van der Waals surface area (Å²) in [5.41, 5.74) is 1.63. The monoisotopic (exact) mass is 319 g/mol. The SMILES string of the molecule is O=C(COCCc1ccccn1)c1cccc(Br)c1. The van der Waals surface area contributed by atoms with Crippen LogP contribution >= 0.6 is 15.9 Å². The summed E-state index contributed by atoms with van der Waals surface area (Å²) in [7, 11) is 0. The Labute approximate surface area is 120 Å². The normalized spacial score (nSPS) is 10.4. The Morgan fingerprint density at radius 2 is 2.11 bits per heavy atom. The maximum Gasteiger partial charge on any atom is 0.188 e. The van der Waals surface area contributed by atoms with Gasteiger partial charge in [0.25, 0.3) is 0 Å². The number of halogens is 1. The first kappa shape index (κ1) is 13.9. The summed E-state index contributed by atoms with van der Waals surface area (Å²) in [4.78, 5) is 16.0. The number of pyridine rings is 1. The minimum atomic E-state index is -0.0117. The first-order valence-corrected chi connectivity index (χ1v) is 6.81. The van der Waals surface area contributed by atoms with Gasteiger partial charge in [-0.2, -0.15) is 0 Å². The zero-order valence-corrected chi connectivity index (χ0v) is 12.0. The molecule has 1 aromatic carbocycles. The lowest BCUT2D eigenvalue weighted by Gasteiger charge is -2.04. The van der Waals surface area contributed by atoms with Gasteiger partial charge in [-0.3, -0.25) is 9.78 Å². The molecule has 0 fully saturated rings. The first-order chi connectivity index (χ1) is 9.25. The number of aromatic nitrogens is 1. The van der Waals surface area contributed by atoms with Crippen molar-refractivity contribution in [3.05, 3.63) is 64.4 Å². The maximum absolute atomic E-state index is 11.8. The summed E-state index contributed by atoms with van der Waals surface area (Å²) in [6.45, 7) is 0.597. The van der Waals surface area contributed by atoms with E-state index < -0.39 is 0 Å². The van der Waals surface area contributed by atoms with Crippen LogP contribution in [-0.4, -0.2) is 24.0 Å². The van der Waals surface area contributed by atoms with Crippen LogP contribution in [0.25, 0.3) is 0 Å². The lowest BCUT2D eigenvalue weighted by atomic mass is 10.1. The number of hydrogen-bond acceptors (Lipinski definition) is 3. The van der Waals surface area contributed by atoms with E-state index in [2.05, 4.69) is 20.9 Å². The second-order valence-electron chi connectivity index (χ2n) is 4.06. The summed E-state index contributed by atoms with van der Waals surface area (Å²) in [5.74, 6) is -0.0117. The predicted molar refractivity (Wildman–Crippen MR) is 77.2 cm³/mol. The first-order valence-electron chi connectivity index (χ1n) is 6.02. The molecule has 0 unspecified atom stereocenters. The number of nitrogens with zero attached hydrogens (tertiary/aromatic N) is 1. The van der Waals surface area contributed by atoms with Crippen molar-refractivity contribution in [2.45, 2.75) is 6.42 Å². The Morgan fingerprint density at radius 3 is 2.84 bits per heavy atom. The highest BCUT2D eigenvalue weighted by Gasteiger charge is 2.06. The van der Waals surface area contributed by atoms with Crippen molar-refractivity contribution in [3.63, 3.8) is 0 Å². The zero-order valence-electron chi connectivity index (χ0n) is 10.4. The molecule has 0 saturated heterocycles. The minimum absolute atomic E-state index is 0.0117. The van der Waals surface area contributed by atoms with E-state index in [0.717, 1.165) is 10.2 Å². The molecule has 0 radical (unpaired) electrons. The lowest BCUT2D eigenvalue weighted by Crippen LogP contribution is -2.11. The van der Waals surface area contributed by atoms with Gasteiger partial charge in [-0.1, -0.05) is 34.1 Å². The Balaban J connectivity index is 1.75. The molecule has 0 atom stereocenters. The van der Waals surface area contributed by atoms with Crippen LogP contribution in [0.3, 0.4) is 0 Å². The number of carbonyl (C=O) groups excluding carboxylic acids is 1. The topological polar surface area (TPSA) is 39.2 Å². The molecule has 0 spiro atoms. The molecule has 1 heterocycles. The molecule has 0 N–H and O–H groups in total. The molecule has 0 aliphatic carbocycles. The van der Waals surface area contributed by atoms with Gasteiger partial charge in [0, 0.05) is 28.3 Å². The number of hydrogen-bond donors (Lipinski definition) is 0. The molecule has 4 heteroatoms. The van der Waals surface area contributed by atoms with Gasteiger partial charge in [0.2, 0.25) is 0 Å². The molecule has 0 aliphatic rings. The average Bonchev–Trinajstić information content (AvgIpc) is 2.44. The van der Waals surface area contributed by atoms with Crippen LogP contribution in [0.4, 0.5) is 0 Å². The van der Waals surface area contributed by atoms with Crippen molar-refractivity contribution in [1.29, 1.82) is 0 Å². The quantitative estimate of drug-likeness (QED) is 0.606. The molecule has 2 rings (SSSR count). The number of Topliss-reactive ketones (excluding diaryl/α,β-unsaturated/α-hetero) is 1. The van der Waals surface area contributed by atoms with Crippen LogP contribution < -0.4 is 0 Å². The summed E-state index contributed by atoms with van der Waals surface area (Å²) in [6.07, 6.45) is 2.47. The van der Waals surface area contributed by atoms with Crippen LogP contribution in [0, 0.1) is 0 Å². The van der Waals surface area contributed by atoms with E-state index in [1.54, 1.807) is 18.3 Å². The number of rotatable bonds is 6. The highest BCUT2D eigenvalue weighted by Crippen LogP contribution is 2.12. The molecular weight excluding hydrogens is 306 g/mol. The Morgan fingerprint density at radius 1 is 1.21 bits per heavy atom.